The molecule has 1 fully saturated rings. The maximum Gasteiger partial charge on any atom is 0.107 e. The van der Waals surface area contributed by atoms with Crippen molar-refractivity contribution in [2.75, 3.05) is 6.61 Å². The van der Waals surface area contributed by atoms with E-state index in [1.165, 1.54) is 31.4 Å². The Bertz CT molecular complexity index is 525. The molecular weight excluding hydrogens is 274 g/mol. The van der Waals surface area contributed by atoms with Gasteiger partial charge in [0.2, 0.25) is 0 Å². The normalized spacial score (nSPS) is 24.7. The molecule has 120 valence electrons. The molecule has 2 aliphatic rings. The van der Waals surface area contributed by atoms with Crippen molar-refractivity contribution in [2.45, 2.75) is 70.4 Å². The fraction of sp³-hybridized carbons (Fsp3) is 0.632. The Morgan fingerprint density at radius 1 is 1.23 bits per heavy atom. The largest absolute Gasteiger partial charge is 0.466 e. The molecule has 0 bridgehead atoms. The monoisotopic (exact) mass is 301 g/mol. The van der Waals surface area contributed by atoms with E-state index >= 15 is 0 Å². The molecule has 0 spiro atoms. The zero-order valence-electron chi connectivity index (χ0n) is 13.6. The van der Waals surface area contributed by atoms with Crippen LogP contribution in [0.15, 0.2) is 33.7 Å². The molecule has 1 saturated heterocycles. The third-order valence-electron chi connectivity index (χ3n) is 4.44. The molecule has 1 aromatic heterocycles. The fourth-order valence-electron chi connectivity index (χ4n) is 3.02. The molecule has 0 saturated carbocycles. The molecule has 0 aromatic carbocycles. The van der Waals surface area contributed by atoms with E-state index in [0.717, 1.165) is 43.8 Å². The summed E-state index contributed by atoms with van der Waals surface area (Å²) in [7, 11) is 0. The Kier molecular flexibility index (Phi) is 5.49. The van der Waals surface area contributed by atoms with Gasteiger partial charge in [-0.2, -0.15) is 0 Å². The van der Waals surface area contributed by atoms with E-state index in [0.29, 0.717) is 12.1 Å². The van der Waals surface area contributed by atoms with E-state index in [4.69, 9.17) is 14.1 Å². The number of nitrogens with zero attached hydrogens (tertiary/aromatic N) is 1. The van der Waals surface area contributed by atoms with Crippen molar-refractivity contribution >= 4 is 5.71 Å². The summed E-state index contributed by atoms with van der Waals surface area (Å²) >= 11 is 0. The summed E-state index contributed by atoms with van der Waals surface area (Å²) in [5, 5.41) is 0. The first kappa shape index (κ1) is 15.5. The molecule has 2 atom stereocenters. The lowest BCUT2D eigenvalue weighted by atomic mass is 9.99. The van der Waals surface area contributed by atoms with Gasteiger partial charge in [0, 0.05) is 25.0 Å². The minimum atomic E-state index is 0.420. The Labute approximate surface area is 133 Å². The number of furan rings is 1. The molecule has 3 nitrogen and oxygen atoms in total. The molecular formula is C19H27NO2. The number of hydrogen-bond acceptors (Lipinski definition) is 3. The van der Waals surface area contributed by atoms with Gasteiger partial charge in [-0.25, -0.2) is 0 Å². The van der Waals surface area contributed by atoms with Gasteiger partial charge < -0.3 is 9.15 Å². The fourth-order valence-corrected chi connectivity index (χ4v) is 3.02. The first-order valence-corrected chi connectivity index (χ1v) is 8.75. The van der Waals surface area contributed by atoms with Crippen molar-refractivity contribution in [3.8, 4) is 0 Å². The van der Waals surface area contributed by atoms with Gasteiger partial charge in [0.1, 0.15) is 17.6 Å². The van der Waals surface area contributed by atoms with E-state index < -0.39 is 0 Å². The van der Waals surface area contributed by atoms with Crippen molar-refractivity contribution < 1.29 is 9.15 Å². The highest BCUT2D eigenvalue weighted by atomic mass is 16.6. The molecule has 22 heavy (non-hydrogen) atoms. The SMILES string of the molecule is CCCCc1ccc(CC=CCC2=NC(C3CO3)CCC2)o1. The molecule has 3 heteroatoms. The number of rotatable bonds is 8. The number of epoxide rings is 1. The van der Waals surface area contributed by atoms with Crippen LogP contribution in [0, 0.1) is 0 Å². The average Bonchev–Trinajstić information content (AvgIpc) is 3.30. The van der Waals surface area contributed by atoms with Gasteiger partial charge in [0.25, 0.3) is 0 Å². The first-order chi connectivity index (χ1) is 10.8. The Morgan fingerprint density at radius 3 is 2.86 bits per heavy atom. The highest BCUT2D eigenvalue weighted by molar-refractivity contribution is 5.86. The second kappa shape index (κ2) is 7.77. The molecule has 0 amide bonds. The number of aryl methyl sites for hydroxylation is 1. The predicted molar refractivity (Wildman–Crippen MR) is 89.6 cm³/mol. The number of allylic oxidation sites excluding steroid dienone is 2. The molecule has 2 unspecified atom stereocenters. The molecule has 0 radical (unpaired) electrons. The van der Waals surface area contributed by atoms with Gasteiger partial charge in [0.15, 0.2) is 0 Å². The highest BCUT2D eigenvalue weighted by Crippen LogP contribution is 2.26. The van der Waals surface area contributed by atoms with Crippen molar-refractivity contribution in [1.29, 1.82) is 0 Å². The van der Waals surface area contributed by atoms with Crippen LogP contribution >= 0.6 is 0 Å². The quantitative estimate of drug-likeness (QED) is 0.523. The molecule has 3 rings (SSSR count). The van der Waals surface area contributed by atoms with Gasteiger partial charge in [-0.3, -0.25) is 4.99 Å². The van der Waals surface area contributed by atoms with E-state index in [9.17, 15) is 0 Å². The summed E-state index contributed by atoms with van der Waals surface area (Å²) < 4.78 is 11.2. The summed E-state index contributed by atoms with van der Waals surface area (Å²) in [6.45, 7) is 3.12. The van der Waals surface area contributed by atoms with Crippen LogP contribution in [-0.2, 0) is 17.6 Å². The maximum absolute atomic E-state index is 5.84. The summed E-state index contributed by atoms with van der Waals surface area (Å²) in [6.07, 6.45) is 13.8. The van der Waals surface area contributed by atoms with Crippen LogP contribution in [0.1, 0.15) is 57.0 Å². The van der Waals surface area contributed by atoms with Gasteiger partial charge in [0.05, 0.1) is 12.6 Å². The zero-order chi connectivity index (χ0) is 15.2. The third-order valence-corrected chi connectivity index (χ3v) is 4.44. The van der Waals surface area contributed by atoms with E-state index in [2.05, 4.69) is 31.2 Å². The van der Waals surface area contributed by atoms with Crippen LogP contribution in [0.2, 0.25) is 0 Å². The van der Waals surface area contributed by atoms with Gasteiger partial charge >= 0.3 is 0 Å². The van der Waals surface area contributed by atoms with Crippen LogP contribution in [0.3, 0.4) is 0 Å². The van der Waals surface area contributed by atoms with Crippen molar-refractivity contribution in [3.63, 3.8) is 0 Å². The lowest BCUT2D eigenvalue weighted by molar-refractivity contribution is 0.358. The topological polar surface area (TPSA) is 38.0 Å². The van der Waals surface area contributed by atoms with Crippen LogP contribution in [0.25, 0.3) is 0 Å². The van der Waals surface area contributed by atoms with Crippen molar-refractivity contribution in [3.05, 3.63) is 35.8 Å². The molecule has 0 N–H and O–H groups in total. The minimum Gasteiger partial charge on any atom is -0.466 e. The van der Waals surface area contributed by atoms with Crippen LogP contribution in [0.4, 0.5) is 0 Å². The Morgan fingerprint density at radius 2 is 2.05 bits per heavy atom. The summed E-state index contributed by atoms with van der Waals surface area (Å²) in [6, 6.07) is 4.65. The smallest absolute Gasteiger partial charge is 0.107 e. The number of ether oxygens (including phenoxy) is 1. The standard InChI is InChI=1S/C19H27NO2/c1-2-3-9-16-12-13-17(22-16)10-5-4-7-15-8-6-11-18(20-15)19-14-21-19/h4-5,12-13,18-19H,2-3,6-11,14H2,1H3. The maximum atomic E-state index is 5.84. The van der Waals surface area contributed by atoms with Gasteiger partial charge in [-0.1, -0.05) is 25.5 Å². The third kappa shape index (κ3) is 4.57. The summed E-state index contributed by atoms with van der Waals surface area (Å²) in [4.78, 5) is 4.84. The van der Waals surface area contributed by atoms with E-state index in [-0.39, 0.29) is 0 Å². The first-order valence-electron chi connectivity index (χ1n) is 8.75. The summed E-state index contributed by atoms with van der Waals surface area (Å²) in [5.41, 5.74) is 1.34. The predicted octanol–water partition coefficient (Wildman–Crippen LogP) is 4.50. The van der Waals surface area contributed by atoms with Crippen LogP contribution in [-0.4, -0.2) is 24.5 Å². The van der Waals surface area contributed by atoms with Gasteiger partial charge in [-0.15, -0.1) is 0 Å². The lowest BCUT2D eigenvalue weighted by Gasteiger charge is -2.18. The number of unbranched alkanes of at least 4 members (excludes halogenated alkanes) is 1. The van der Waals surface area contributed by atoms with Gasteiger partial charge in [-0.05, 0) is 37.8 Å². The Balaban J connectivity index is 1.43. The van der Waals surface area contributed by atoms with Crippen molar-refractivity contribution in [1.82, 2.24) is 0 Å². The highest BCUT2D eigenvalue weighted by Gasteiger charge is 2.33. The number of hydrogen-bond donors (Lipinski definition) is 0. The minimum absolute atomic E-state index is 0.420. The molecule has 2 aliphatic heterocycles. The molecule has 3 heterocycles. The van der Waals surface area contributed by atoms with E-state index in [1.54, 1.807) is 0 Å². The zero-order valence-corrected chi connectivity index (χ0v) is 13.6. The van der Waals surface area contributed by atoms with Crippen molar-refractivity contribution in [2.24, 2.45) is 4.99 Å². The second-order valence-electron chi connectivity index (χ2n) is 6.38. The number of aliphatic imine (C=N–C) groups is 1. The second-order valence-corrected chi connectivity index (χ2v) is 6.38. The van der Waals surface area contributed by atoms with E-state index in [1.807, 2.05) is 0 Å². The average molecular weight is 301 g/mol. The Hall–Kier alpha value is -1.35. The van der Waals surface area contributed by atoms with Crippen LogP contribution < -0.4 is 0 Å². The lowest BCUT2D eigenvalue weighted by Crippen LogP contribution is -2.20. The molecule has 1 aromatic rings. The molecule has 0 aliphatic carbocycles. The summed E-state index contributed by atoms with van der Waals surface area (Å²) in [5.74, 6) is 2.19. The van der Waals surface area contributed by atoms with Crippen LogP contribution in [0.5, 0.6) is 0 Å².